The van der Waals surface area contributed by atoms with Gasteiger partial charge >= 0.3 is 5.69 Å². The molecule has 1 fully saturated rings. The van der Waals surface area contributed by atoms with Crippen LogP contribution in [0.15, 0.2) is 47.7 Å². The fourth-order valence-corrected chi connectivity index (χ4v) is 3.65. The third kappa shape index (κ3) is 3.55. The minimum absolute atomic E-state index is 0.0708. The van der Waals surface area contributed by atoms with Crippen molar-refractivity contribution in [3.8, 4) is 6.07 Å². The van der Waals surface area contributed by atoms with Crippen LogP contribution >= 0.6 is 0 Å². The van der Waals surface area contributed by atoms with Crippen molar-refractivity contribution in [1.29, 1.82) is 5.26 Å². The molecule has 27 heavy (non-hydrogen) atoms. The van der Waals surface area contributed by atoms with E-state index in [0.29, 0.717) is 13.1 Å². The summed E-state index contributed by atoms with van der Waals surface area (Å²) in [6, 6.07) is 9.86. The lowest BCUT2D eigenvalue weighted by Gasteiger charge is -2.38. The Hall–Kier alpha value is -3.18. The van der Waals surface area contributed by atoms with E-state index in [-0.39, 0.29) is 11.7 Å². The number of aromatic amines is 1. The molecule has 1 saturated heterocycles. The Morgan fingerprint density at radius 2 is 2.11 bits per heavy atom. The van der Waals surface area contributed by atoms with Gasteiger partial charge < -0.3 is 9.88 Å². The highest BCUT2D eigenvalue weighted by Gasteiger charge is 2.27. The second-order valence-corrected chi connectivity index (χ2v) is 6.66. The maximum atomic E-state index is 12.2. The molecule has 1 aromatic carbocycles. The maximum Gasteiger partial charge on any atom is 0.326 e. The molecule has 0 radical (unpaired) electrons. The number of aromatic nitrogens is 4. The van der Waals surface area contributed by atoms with Crippen molar-refractivity contribution in [2.75, 3.05) is 31.1 Å². The largest absolute Gasteiger partial charge is 0.337 e. The normalized spacial score (nSPS) is 17.9. The summed E-state index contributed by atoms with van der Waals surface area (Å²) in [4.78, 5) is 27.7. The van der Waals surface area contributed by atoms with Gasteiger partial charge in [-0.15, -0.1) is 0 Å². The Bertz CT molecular complexity index is 1000. The molecule has 1 atom stereocenters. The molecule has 1 N–H and O–H groups in total. The number of hydrogen-bond donors (Lipinski definition) is 1. The van der Waals surface area contributed by atoms with E-state index in [1.165, 1.54) is 0 Å². The Morgan fingerprint density at radius 3 is 2.93 bits per heavy atom. The van der Waals surface area contributed by atoms with Crippen LogP contribution in [-0.2, 0) is 6.54 Å². The van der Waals surface area contributed by atoms with Gasteiger partial charge in [0.15, 0.2) is 0 Å². The van der Waals surface area contributed by atoms with Crippen molar-refractivity contribution in [2.45, 2.75) is 19.0 Å². The zero-order valence-corrected chi connectivity index (χ0v) is 15.0. The number of nitrogens with zero attached hydrogens (tertiary/aromatic N) is 6. The number of rotatable bonds is 5. The summed E-state index contributed by atoms with van der Waals surface area (Å²) in [6.45, 7) is 3.76. The molecule has 2 aromatic heterocycles. The van der Waals surface area contributed by atoms with E-state index in [2.05, 4.69) is 25.9 Å². The van der Waals surface area contributed by atoms with Crippen LogP contribution in [-0.4, -0.2) is 56.6 Å². The van der Waals surface area contributed by atoms with Gasteiger partial charge in [0.05, 0.1) is 23.3 Å². The van der Waals surface area contributed by atoms with Crippen molar-refractivity contribution in [3.63, 3.8) is 0 Å². The van der Waals surface area contributed by atoms with E-state index in [9.17, 15) is 10.1 Å². The van der Waals surface area contributed by atoms with Gasteiger partial charge in [0.25, 0.3) is 0 Å². The molecule has 1 unspecified atom stereocenters. The SMILES string of the molecule is N#CC1CN(CCCn2c(=O)[nH]c3ccccc32)CCN1c1cnccn1. The zero-order chi connectivity index (χ0) is 18.6. The van der Waals surface area contributed by atoms with Crippen molar-refractivity contribution in [2.24, 2.45) is 0 Å². The number of nitriles is 1. The van der Waals surface area contributed by atoms with Crippen LogP contribution in [0.25, 0.3) is 11.0 Å². The van der Waals surface area contributed by atoms with Crippen molar-refractivity contribution in [1.82, 2.24) is 24.4 Å². The van der Waals surface area contributed by atoms with E-state index >= 15 is 0 Å². The van der Waals surface area contributed by atoms with Gasteiger partial charge in [-0.25, -0.2) is 9.78 Å². The number of benzene rings is 1. The molecular weight excluding hydrogens is 342 g/mol. The fourth-order valence-electron chi connectivity index (χ4n) is 3.65. The number of piperazine rings is 1. The lowest BCUT2D eigenvalue weighted by Crippen LogP contribution is -2.53. The van der Waals surface area contributed by atoms with E-state index < -0.39 is 0 Å². The third-order valence-corrected chi connectivity index (χ3v) is 4.99. The number of aryl methyl sites for hydroxylation is 1. The number of nitrogens with one attached hydrogen (secondary N) is 1. The molecular formula is C19H21N7O. The van der Waals surface area contributed by atoms with Crippen LogP contribution in [0.1, 0.15) is 6.42 Å². The molecule has 0 amide bonds. The predicted octanol–water partition coefficient (Wildman–Crippen LogP) is 1.22. The number of anilines is 1. The molecule has 3 aromatic rings. The lowest BCUT2D eigenvalue weighted by molar-refractivity contribution is 0.233. The summed E-state index contributed by atoms with van der Waals surface area (Å²) >= 11 is 0. The molecule has 0 spiro atoms. The van der Waals surface area contributed by atoms with E-state index in [0.717, 1.165) is 42.9 Å². The van der Waals surface area contributed by atoms with E-state index in [1.54, 1.807) is 23.2 Å². The lowest BCUT2D eigenvalue weighted by atomic mass is 10.1. The van der Waals surface area contributed by atoms with Crippen molar-refractivity contribution < 1.29 is 0 Å². The summed E-state index contributed by atoms with van der Waals surface area (Å²) in [5.41, 5.74) is 1.73. The summed E-state index contributed by atoms with van der Waals surface area (Å²) in [5.74, 6) is 0.744. The van der Waals surface area contributed by atoms with Gasteiger partial charge in [0.1, 0.15) is 11.9 Å². The minimum atomic E-state index is -0.244. The van der Waals surface area contributed by atoms with Gasteiger partial charge in [0, 0.05) is 45.1 Å². The minimum Gasteiger partial charge on any atom is -0.337 e. The second-order valence-electron chi connectivity index (χ2n) is 6.66. The maximum absolute atomic E-state index is 12.2. The second kappa shape index (κ2) is 7.60. The fraction of sp³-hybridized carbons (Fsp3) is 0.368. The molecule has 8 nitrogen and oxygen atoms in total. The number of hydrogen-bond acceptors (Lipinski definition) is 6. The highest BCUT2D eigenvalue weighted by molar-refractivity contribution is 5.74. The third-order valence-electron chi connectivity index (χ3n) is 4.99. The average molecular weight is 363 g/mol. The van der Waals surface area contributed by atoms with Gasteiger partial charge in [-0.2, -0.15) is 5.26 Å². The quantitative estimate of drug-likeness (QED) is 0.733. The first kappa shape index (κ1) is 17.2. The Balaban J connectivity index is 1.37. The average Bonchev–Trinajstić information content (AvgIpc) is 3.04. The summed E-state index contributed by atoms with van der Waals surface area (Å²) < 4.78 is 1.78. The molecule has 0 aliphatic carbocycles. The zero-order valence-electron chi connectivity index (χ0n) is 15.0. The van der Waals surface area contributed by atoms with Crippen molar-refractivity contribution in [3.05, 3.63) is 53.3 Å². The highest BCUT2D eigenvalue weighted by atomic mass is 16.1. The van der Waals surface area contributed by atoms with Crippen LogP contribution < -0.4 is 10.6 Å². The van der Waals surface area contributed by atoms with Crippen LogP contribution in [0.5, 0.6) is 0 Å². The first-order chi connectivity index (χ1) is 13.3. The van der Waals surface area contributed by atoms with Crippen LogP contribution in [0.4, 0.5) is 5.82 Å². The first-order valence-corrected chi connectivity index (χ1v) is 9.08. The molecule has 4 rings (SSSR count). The summed E-state index contributed by atoms with van der Waals surface area (Å²) in [7, 11) is 0. The topological polar surface area (TPSA) is 93.8 Å². The standard InChI is InChI=1S/C19H21N7O/c20-12-15-14-24(10-11-25(15)18-13-21-6-7-22-18)8-3-9-26-17-5-2-1-4-16(17)23-19(26)27/h1-2,4-7,13,15H,3,8-11,14H2,(H,23,27). The Morgan fingerprint density at radius 1 is 1.22 bits per heavy atom. The molecule has 0 bridgehead atoms. The summed E-state index contributed by atoms with van der Waals surface area (Å²) in [6.07, 6.45) is 5.83. The molecule has 8 heteroatoms. The van der Waals surface area contributed by atoms with Crippen molar-refractivity contribution >= 4 is 16.9 Å². The predicted molar refractivity (Wildman–Crippen MR) is 102 cm³/mol. The van der Waals surface area contributed by atoms with Gasteiger partial charge in [-0.3, -0.25) is 14.5 Å². The number of para-hydroxylation sites is 2. The van der Waals surface area contributed by atoms with Crippen LogP contribution in [0.2, 0.25) is 0 Å². The highest BCUT2D eigenvalue weighted by Crippen LogP contribution is 2.17. The Labute approximate surface area is 156 Å². The molecule has 138 valence electrons. The molecule has 1 aliphatic heterocycles. The monoisotopic (exact) mass is 363 g/mol. The molecule has 0 saturated carbocycles. The van der Waals surface area contributed by atoms with E-state index in [4.69, 9.17) is 0 Å². The molecule has 3 heterocycles. The number of imidazole rings is 1. The van der Waals surface area contributed by atoms with Gasteiger partial charge in [-0.05, 0) is 18.6 Å². The number of fused-ring (bicyclic) bond motifs is 1. The van der Waals surface area contributed by atoms with Crippen LogP contribution in [0.3, 0.4) is 0 Å². The van der Waals surface area contributed by atoms with Crippen LogP contribution in [0, 0.1) is 11.3 Å². The summed E-state index contributed by atoms with van der Waals surface area (Å²) in [5, 5.41) is 9.55. The molecule has 1 aliphatic rings. The van der Waals surface area contributed by atoms with E-state index in [1.807, 2.05) is 29.2 Å². The Kier molecular flexibility index (Phi) is 4.85. The van der Waals surface area contributed by atoms with Gasteiger partial charge in [-0.1, -0.05) is 12.1 Å². The smallest absolute Gasteiger partial charge is 0.326 e. The number of H-pyrrole nitrogens is 1. The van der Waals surface area contributed by atoms with Gasteiger partial charge in [0.2, 0.25) is 0 Å². The first-order valence-electron chi connectivity index (χ1n) is 9.08.